The van der Waals surface area contributed by atoms with Crippen LogP contribution in [0.25, 0.3) is 0 Å². The SMILES string of the molecule is C[C@@H]1CN[C@@H](C)CN1S(=O)(=O)c1cccc(F)c1. The fourth-order valence-corrected chi connectivity index (χ4v) is 3.84. The highest BCUT2D eigenvalue weighted by Gasteiger charge is 2.33. The van der Waals surface area contributed by atoms with Gasteiger partial charge < -0.3 is 5.32 Å². The molecule has 1 aliphatic rings. The number of nitrogens with zero attached hydrogens (tertiary/aromatic N) is 1. The van der Waals surface area contributed by atoms with Gasteiger partial charge in [-0.05, 0) is 32.0 Å². The third kappa shape index (κ3) is 2.55. The maximum absolute atomic E-state index is 13.1. The normalized spacial score (nSPS) is 26.2. The molecule has 0 saturated carbocycles. The van der Waals surface area contributed by atoms with E-state index >= 15 is 0 Å². The average molecular weight is 272 g/mol. The summed E-state index contributed by atoms with van der Waals surface area (Å²) in [5.41, 5.74) is 0. The first kappa shape index (κ1) is 13.5. The van der Waals surface area contributed by atoms with E-state index < -0.39 is 15.8 Å². The second kappa shape index (κ2) is 4.95. The number of rotatable bonds is 2. The number of halogens is 1. The lowest BCUT2D eigenvalue weighted by Gasteiger charge is -2.36. The molecule has 1 N–H and O–H groups in total. The molecule has 0 unspecified atom stereocenters. The molecule has 6 heteroatoms. The van der Waals surface area contributed by atoms with E-state index in [1.165, 1.54) is 22.5 Å². The summed E-state index contributed by atoms with van der Waals surface area (Å²) >= 11 is 0. The lowest BCUT2D eigenvalue weighted by atomic mass is 10.2. The number of sulfonamides is 1. The summed E-state index contributed by atoms with van der Waals surface area (Å²) < 4.78 is 39.4. The Morgan fingerprint density at radius 2 is 2.11 bits per heavy atom. The molecule has 4 nitrogen and oxygen atoms in total. The minimum atomic E-state index is -3.61. The standard InChI is InChI=1S/C12H17FN2O2S/c1-9-8-15(10(2)7-14-9)18(16,17)12-5-3-4-11(13)6-12/h3-6,9-10,14H,7-8H2,1-2H3/t9-,10+/m0/s1. The van der Waals surface area contributed by atoms with Crippen molar-refractivity contribution in [2.24, 2.45) is 0 Å². The molecule has 1 aromatic rings. The molecule has 1 aliphatic heterocycles. The number of piperazine rings is 1. The molecule has 0 aliphatic carbocycles. The summed E-state index contributed by atoms with van der Waals surface area (Å²) in [5.74, 6) is -0.535. The summed E-state index contributed by atoms with van der Waals surface area (Å²) in [5, 5.41) is 3.22. The molecule has 1 aromatic carbocycles. The first-order valence-electron chi connectivity index (χ1n) is 5.92. The summed E-state index contributed by atoms with van der Waals surface area (Å²) in [4.78, 5) is 0.0171. The molecular formula is C12H17FN2O2S. The van der Waals surface area contributed by atoms with Crippen LogP contribution in [0, 0.1) is 5.82 Å². The highest BCUT2D eigenvalue weighted by atomic mass is 32.2. The van der Waals surface area contributed by atoms with Gasteiger partial charge in [0.15, 0.2) is 0 Å². The van der Waals surface area contributed by atoms with Crippen LogP contribution >= 0.6 is 0 Å². The van der Waals surface area contributed by atoms with Crippen LogP contribution in [0.2, 0.25) is 0 Å². The van der Waals surface area contributed by atoms with Crippen LogP contribution in [0.5, 0.6) is 0 Å². The molecule has 0 spiro atoms. The number of nitrogens with one attached hydrogen (secondary N) is 1. The van der Waals surface area contributed by atoms with Gasteiger partial charge in [0.05, 0.1) is 4.90 Å². The minimum absolute atomic E-state index is 0.0171. The monoisotopic (exact) mass is 272 g/mol. The maximum atomic E-state index is 13.1. The van der Waals surface area contributed by atoms with Gasteiger partial charge in [0.1, 0.15) is 5.82 Å². The van der Waals surface area contributed by atoms with E-state index in [9.17, 15) is 12.8 Å². The highest BCUT2D eigenvalue weighted by molar-refractivity contribution is 7.89. The molecule has 1 heterocycles. The molecule has 0 bridgehead atoms. The Balaban J connectivity index is 2.35. The first-order valence-corrected chi connectivity index (χ1v) is 7.36. The molecule has 0 aromatic heterocycles. The van der Waals surface area contributed by atoms with E-state index in [4.69, 9.17) is 0 Å². The molecular weight excluding hydrogens is 255 g/mol. The lowest BCUT2D eigenvalue weighted by molar-refractivity contribution is 0.244. The van der Waals surface area contributed by atoms with Crippen molar-refractivity contribution in [3.8, 4) is 0 Å². The number of hydrogen-bond acceptors (Lipinski definition) is 3. The zero-order valence-electron chi connectivity index (χ0n) is 10.4. The lowest BCUT2D eigenvalue weighted by Crippen LogP contribution is -2.56. The summed E-state index contributed by atoms with van der Waals surface area (Å²) in [7, 11) is -3.61. The van der Waals surface area contributed by atoms with Gasteiger partial charge in [-0.3, -0.25) is 0 Å². The third-order valence-electron chi connectivity index (χ3n) is 3.11. The Kier molecular flexibility index (Phi) is 3.70. The average Bonchev–Trinajstić information content (AvgIpc) is 2.32. The van der Waals surface area contributed by atoms with Crippen molar-refractivity contribution in [3.63, 3.8) is 0 Å². The Morgan fingerprint density at radius 1 is 1.39 bits per heavy atom. The summed E-state index contributed by atoms with van der Waals surface area (Å²) in [6, 6.07) is 5.12. The van der Waals surface area contributed by atoms with Crippen LogP contribution in [0.15, 0.2) is 29.2 Å². The van der Waals surface area contributed by atoms with E-state index in [1.54, 1.807) is 0 Å². The minimum Gasteiger partial charge on any atom is -0.311 e. The second-order valence-electron chi connectivity index (χ2n) is 4.69. The first-order chi connectivity index (χ1) is 8.41. The van der Waals surface area contributed by atoms with Gasteiger partial charge in [-0.15, -0.1) is 0 Å². The molecule has 2 rings (SSSR count). The Bertz CT molecular complexity index is 533. The topological polar surface area (TPSA) is 49.4 Å². The van der Waals surface area contributed by atoms with Gasteiger partial charge in [0.25, 0.3) is 0 Å². The van der Waals surface area contributed by atoms with Crippen LogP contribution in [-0.2, 0) is 10.0 Å². The van der Waals surface area contributed by atoms with Crippen molar-refractivity contribution in [2.75, 3.05) is 13.1 Å². The van der Waals surface area contributed by atoms with Gasteiger partial charge >= 0.3 is 0 Å². The second-order valence-corrected chi connectivity index (χ2v) is 6.58. The van der Waals surface area contributed by atoms with Gasteiger partial charge in [-0.25, -0.2) is 12.8 Å². The van der Waals surface area contributed by atoms with Crippen molar-refractivity contribution < 1.29 is 12.8 Å². The van der Waals surface area contributed by atoms with Crippen LogP contribution < -0.4 is 5.32 Å². The highest BCUT2D eigenvalue weighted by Crippen LogP contribution is 2.21. The van der Waals surface area contributed by atoms with Gasteiger partial charge in [-0.1, -0.05) is 6.07 Å². The number of benzene rings is 1. The molecule has 1 fully saturated rings. The molecule has 18 heavy (non-hydrogen) atoms. The van der Waals surface area contributed by atoms with E-state index in [0.29, 0.717) is 13.1 Å². The van der Waals surface area contributed by atoms with Crippen molar-refractivity contribution in [1.29, 1.82) is 0 Å². The Labute approximate surface area is 107 Å². The van der Waals surface area contributed by atoms with E-state index in [1.807, 2.05) is 13.8 Å². The molecule has 2 atom stereocenters. The van der Waals surface area contributed by atoms with Crippen LogP contribution in [0.4, 0.5) is 4.39 Å². The summed E-state index contributed by atoms with van der Waals surface area (Å²) in [6.07, 6.45) is 0. The third-order valence-corrected chi connectivity index (χ3v) is 5.09. The van der Waals surface area contributed by atoms with Gasteiger partial charge in [-0.2, -0.15) is 4.31 Å². The van der Waals surface area contributed by atoms with Crippen molar-refractivity contribution in [1.82, 2.24) is 9.62 Å². The van der Waals surface area contributed by atoms with Gasteiger partial charge in [0, 0.05) is 25.2 Å². The van der Waals surface area contributed by atoms with Crippen molar-refractivity contribution in [2.45, 2.75) is 30.8 Å². The van der Waals surface area contributed by atoms with Crippen molar-refractivity contribution in [3.05, 3.63) is 30.1 Å². The van der Waals surface area contributed by atoms with E-state index in [-0.39, 0.29) is 17.0 Å². The van der Waals surface area contributed by atoms with Gasteiger partial charge in [0.2, 0.25) is 10.0 Å². The fourth-order valence-electron chi connectivity index (χ4n) is 2.09. The zero-order valence-corrected chi connectivity index (χ0v) is 11.2. The molecule has 0 radical (unpaired) electrons. The van der Waals surface area contributed by atoms with Crippen molar-refractivity contribution >= 4 is 10.0 Å². The predicted molar refractivity (Wildman–Crippen MR) is 67.2 cm³/mol. The molecule has 0 amide bonds. The number of hydrogen-bond donors (Lipinski definition) is 1. The molecule has 100 valence electrons. The van der Waals surface area contributed by atoms with Crippen LogP contribution in [-0.4, -0.2) is 37.9 Å². The van der Waals surface area contributed by atoms with Crippen LogP contribution in [0.3, 0.4) is 0 Å². The largest absolute Gasteiger partial charge is 0.311 e. The fraction of sp³-hybridized carbons (Fsp3) is 0.500. The zero-order chi connectivity index (χ0) is 13.3. The Hall–Kier alpha value is -0.980. The smallest absolute Gasteiger partial charge is 0.243 e. The summed E-state index contributed by atoms with van der Waals surface area (Å²) in [6.45, 7) is 4.78. The Morgan fingerprint density at radius 3 is 2.78 bits per heavy atom. The van der Waals surface area contributed by atoms with E-state index in [0.717, 1.165) is 6.07 Å². The van der Waals surface area contributed by atoms with E-state index in [2.05, 4.69) is 5.32 Å². The predicted octanol–water partition coefficient (Wildman–Crippen LogP) is 1.20. The maximum Gasteiger partial charge on any atom is 0.243 e. The quantitative estimate of drug-likeness (QED) is 0.880. The van der Waals surface area contributed by atoms with Crippen LogP contribution in [0.1, 0.15) is 13.8 Å². The molecule has 1 saturated heterocycles.